The van der Waals surface area contributed by atoms with Gasteiger partial charge >= 0.3 is 5.97 Å². The maximum Gasteiger partial charge on any atom is 0.352 e. The molecule has 0 aliphatic carbocycles. The molecule has 2 atom stereocenters. The zero-order valence-electron chi connectivity index (χ0n) is 18.3. The number of nitrogens with zero attached hydrogens (tertiary/aromatic N) is 1. The van der Waals surface area contributed by atoms with Crippen LogP contribution in [0.25, 0.3) is 10.1 Å². The second-order valence-corrected chi connectivity index (χ2v) is 12.7. The Labute approximate surface area is 226 Å². The highest BCUT2D eigenvalue weighted by Gasteiger charge is 2.53. The van der Waals surface area contributed by atoms with Gasteiger partial charge in [0.25, 0.3) is 5.91 Å². The van der Waals surface area contributed by atoms with E-state index >= 15 is 0 Å². The molecule has 184 valence electrons. The van der Waals surface area contributed by atoms with Crippen molar-refractivity contribution in [3.05, 3.63) is 84.7 Å². The van der Waals surface area contributed by atoms with Gasteiger partial charge in [-0.1, -0.05) is 29.4 Å². The van der Waals surface area contributed by atoms with Gasteiger partial charge in [-0.05, 0) is 46.7 Å². The normalized spacial score (nSPS) is 19.5. The minimum absolute atomic E-state index is 0.0807. The fourth-order valence-corrected chi connectivity index (χ4v) is 8.19. The van der Waals surface area contributed by atoms with Gasteiger partial charge in [0.05, 0.1) is 10.6 Å². The SMILES string of the molecule is O=C(Cc1cccs1)NC1C(=O)N2C(C(=O)O)=C(C=CSc3cc(=O)c4ccc(Cl)cc4s3)CS[C@@H]12. The molecule has 3 aromatic rings. The van der Waals surface area contributed by atoms with Crippen molar-refractivity contribution in [2.24, 2.45) is 0 Å². The summed E-state index contributed by atoms with van der Waals surface area (Å²) in [6.45, 7) is 0. The number of carboxylic acid groups (broad SMARTS) is 1. The lowest BCUT2D eigenvalue weighted by Crippen LogP contribution is -2.70. The van der Waals surface area contributed by atoms with Crippen molar-refractivity contribution in [1.82, 2.24) is 10.2 Å². The Kier molecular flexibility index (Phi) is 7.27. The van der Waals surface area contributed by atoms with Gasteiger partial charge in [-0.25, -0.2) is 4.79 Å². The van der Waals surface area contributed by atoms with Crippen LogP contribution in [-0.4, -0.2) is 45.0 Å². The number of carboxylic acids is 1. The Balaban J connectivity index is 1.30. The molecule has 2 N–H and O–H groups in total. The van der Waals surface area contributed by atoms with Crippen LogP contribution in [0.15, 0.2) is 73.5 Å². The Morgan fingerprint density at radius 1 is 1.25 bits per heavy atom. The number of β-lactam (4-membered cyclic amide) rings is 1. The second kappa shape index (κ2) is 10.4. The number of thiophene rings is 1. The third-order valence-corrected chi connectivity index (χ3v) is 10.0. The van der Waals surface area contributed by atoms with Crippen molar-refractivity contribution in [1.29, 1.82) is 0 Å². The molecule has 2 aromatic heterocycles. The van der Waals surface area contributed by atoms with Crippen molar-refractivity contribution >= 4 is 85.7 Å². The first-order valence-corrected chi connectivity index (χ1v) is 14.6. The summed E-state index contributed by atoms with van der Waals surface area (Å²) < 4.78 is 1.50. The molecule has 4 heterocycles. The molecule has 1 unspecified atom stereocenters. The summed E-state index contributed by atoms with van der Waals surface area (Å²) in [6.07, 6.45) is 1.84. The number of rotatable bonds is 7. The highest BCUT2D eigenvalue weighted by Crippen LogP contribution is 2.41. The lowest BCUT2D eigenvalue weighted by Gasteiger charge is -2.49. The fourth-order valence-electron chi connectivity index (χ4n) is 3.92. The lowest BCUT2D eigenvalue weighted by atomic mass is 10.0. The van der Waals surface area contributed by atoms with E-state index in [-0.39, 0.29) is 23.5 Å². The smallest absolute Gasteiger partial charge is 0.352 e. The number of fused-ring (bicyclic) bond motifs is 2. The lowest BCUT2D eigenvalue weighted by molar-refractivity contribution is -0.150. The van der Waals surface area contributed by atoms with Crippen LogP contribution in [0.2, 0.25) is 5.02 Å². The number of hydrogen-bond donors (Lipinski definition) is 2. The number of halogens is 1. The first-order chi connectivity index (χ1) is 17.3. The highest BCUT2D eigenvalue weighted by atomic mass is 35.5. The molecule has 2 aliphatic heterocycles. The third kappa shape index (κ3) is 4.98. The molecule has 12 heteroatoms. The van der Waals surface area contributed by atoms with Gasteiger partial charge in [-0.15, -0.1) is 34.4 Å². The van der Waals surface area contributed by atoms with Gasteiger partial charge in [0.15, 0.2) is 5.43 Å². The quantitative estimate of drug-likeness (QED) is 0.314. The van der Waals surface area contributed by atoms with E-state index < -0.39 is 23.3 Å². The minimum Gasteiger partial charge on any atom is -0.477 e. The van der Waals surface area contributed by atoms with Crippen molar-refractivity contribution in [3.63, 3.8) is 0 Å². The fraction of sp³-hybridized carbons (Fsp3) is 0.167. The van der Waals surface area contributed by atoms with Crippen LogP contribution in [0.5, 0.6) is 0 Å². The van der Waals surface area contributed by atoms with Crippen molar-refractivity contribution in [2.75, 3.05) is 5.75 Å². The van der Waals surface area contributed by atoms with Crippen molar-refractivity contribution in [3.8, 4) is 0 Å². The van der Waals surface area contributed by atoms with Gasteiger partial charge in [0, 0.05) is 31.8 Å². The van der Waals surface area contributed by atoms with Gasteiger partial charge < -0.3 is 10.4 Å². The Bertz CT molecular complexity index is 1500. The maximum atomic E-state index is 12.8. The van der Waals surface area contributed by atoms with E-state index in [2.05, 4.69) is 5.32 Å². The molecule has 0 spiro atoms. The van der Waals surface area contributed by atoms with Crippen molar-refractivity contribution in [2.45, 2.75) is 22.0 Å². The summed E-state index contributed by atoms with van der Waals surface area (Å²) in [5.74, 6) is -1.54. The standard InChI is InChI=1S/C24H17ClN2O5S4/c25-13-3-4-15-16(28)10-19(36-17(15)8-13)34-7-5-12-11-35-23-20(22(30)27(23)21(12)24(31)32)26-18(29)9-14-2-1-6-33-14/h1-8,10,20,23H,9,11H2,(H,26,29)(H,31,32)/t20?,23-/m0/s1. The number of amides is 2. The van der Waals surface area contributed by atoms with Crippen LogP contribution in [-0.2, 0) is 20.8 Å². The zero-order valence-corrected chi connectivity index (χ0v) is 22.3. The van der Waals surface area contributed by atoms with Crippen LogP contribution in [0.4, 0.5) is 0 Å². The van der Waals surface area contributed by atoms with Crippen LogP contribution < -0.4 is 10.7 Å². The average Bonchev–Trinajstić information content (AvgIpc) is 3.34. The van der Waals surface area contributed by atoms with Crippen LogP contribution in [0.1, 0.15) is 4.88 Å². The largest absolute Gasteiger partial charge is 0.477 e. The first kappa shape index (κ1) is 25.1. The Morgan fingerprint density at radius 3 is 2.83 bits per heavy atom. The van der Waals surface area contributed by atoms with E-state index in [0.717, 1.165) is 13.8 Å². The van der Waals surface area contributed by atoms with Gasteiger partial charge in [0.1, 0.15) is 17.1 Å². The monoisotopic (exact) mass is 576 g/mol. The number of nitrogens with one attached hydrogen (secondary N) is 1. The maximum absolute atomic E-state index is 12.8. The predicted octanol–water partition coefficient (Wildman–Crippen LogP) is 4.56. The van der Waals surface area contributed by atoms with E-state index in [0.29, 0.717) is 21.7 Å². The van der Waals surface area contributed by atoms with E-state index in [9.17, 15) is 24.3 Å². The van der Waals surface area contributed by atoms with Crippen molar-refractivity contribution < 1.29 is 19.5 Å². The molecule has 1 aromatic carbocycles. The second-order valence-electron chi connectivity index (χ2n) is 7.88. The Morgan fingerprint density at radius 2 is 2.08 bits per heavy atom. The molecule has 0 bridgehead atoms. The number of carbonyl (C=O) groups is 3. The summed E-state index contributed by atoms with van der Waals surface area (Å²) in [6, 6.07) is 9.60. The topological polar surface area (TPSA) is 104 Å². The van der Waals surface area contributed by atoms with Crippen LogP contribution in [0.3, 0.4) is 0 Å². The van der Waals surface area contributed by atoms with Crippen LogP contribution >= 0.6 is 57.8 Å². The molecule has 0 saturated carbocycles. The molecular weight excluding hydrogens is 560 g/mol. The first-order valence-electron chi connectivity index (χ1n) is 10.6. The molecular formula is C24H17ClN2O5S4. The van der Waals surface area contributed by atoms with Crippen LogP contribution in [0, 0.1) is 0 Å². The van der Waals surface area contributed by atoms with Gasteiger partial charge in [-0.3, -0.25) is 19.3 Å². The molecule has 2 amide bonds. The highest BCUT2D eigenvalue weighted by molar-refractivity contribution is 8.04. The van der Waals surface area contributed by atoms with E-state index in [1.807, 2.05) is 17.5 Å². The molecule has 5 rings (SSSR count). The number of benzene rings is 1. The van der Waals surface area contributed by atoms with Gasteiger partial charge in [-0.2, -0.15) is 0 Å². The average molecular weight is 577 g/mol. The summed E-state index contributed by atoms with van der Waals surface area (Å²) in [7, 11) is 0. The molecule has 2 aliphatic rings. The predicted molar refractivity (Wildman–Crippen MR) is 146 cm³/mol. The number of aliphatic carboxylic acids is 1. The third-order valence-electron chi connectivity index (χ3n) is 5.55. The summed E-state index contributed by atoms with van der Waals surface area (Å²) >= 11 is 11.6. The molecule has 7 nitrogen and oxygen atoms in total. The van der Waals surface area contributed by atoms with Gasteiger partial charge in [0.2, 0.25) is 5.91 Å². The van der Waals surface area contributed by atoms with E-state index in [4.69, 9.17) is 11.6 Å². The summed E-state index contributed by atoms with van der Waals surface area (Å²) in [5, 5.41) is 16.9. The molecule has 36 heavy (non-hydrogen) atoms. The molecule has 0 radical (unpaired) electrons. The summed E-state index contributed by atoms with van der Waals surface area (Å²) in [4.78, 5) is 51.8. The number of hydrogen-bond acceptors (Lipinski definition) is 8. The Hall–Kier alpha value is -2.57. The number of allylic oxidation sites excluding steroid dienone is 1. The zero-order chi connectivity index (χ0) is 25.4. The van der Waals surface area contributed by atoms with E-state index in [1.54, 1.807) is 29.7 Å². The molecule has 1 saturated heterocycles. The van der Waals surface area contributed by atoms with E-state index in [1.165, 1.54) is 57.2 Å². The minimum atomic E-state index is -1.20. The molecule has 1 fully saturated rings. The summed E-state index contributed by atoms with van der Waals surface area (Å²) in [5.41, 5.74) is 0.295. The number of carbonyl (C=O) groups excluding carboxylic acids is 2. The number of thioether (sulfide) groups is 2.